The van der Waals surface area contributed by atoms with Crippen molar-refractivity contribution in [3.8, 4) is 11.5 Å². The monoisotopic (exact) mass is 391 g/mol. The maximum absolute atomic E-state index is 12.2. The number of methoxy groups -OCH3 is 1. The van der Waals surface area contributed by atoms with Crippen molar-refractivity contribution in [2.24, 2.45) is 0 Å². The lowest BCUT2D eigenvalue weighted by atomic mass is 10.2. The number of hydrogen-bond donors (Lipinski definition) is 3. The van der Waals surface area contributed by atoms with Crippen molar-refractivity contribution in [1.29, 1.82) is 0 Å². The maximum Gasteiger partial charge on any atom is 0.269 e. The molecule has 0 radical (unpaired) electrons. The van der Waals surface area contributed by atoms with Crippen molar-refractivity contribution in [3.05, 3.63) is 46.2 Å². The van der Waals surface area contributed by atoms with Gasteiger partial charge in [-0.2, -0.15) is 0 Å². The van der Waals surface area contributed by atoms with E-state index in [1.165, 1.54) is 24.5 Å². The number of carbonyl (C=O) groups excluding carboxylic acids is 3. The minimum absolute atomic E-state index is 0.260. The zero-order valence-electron chi connectivity index (χ0n) is 15.0. The van der Waals surface area contributed by atoms with Gasteiger partial charge in [0, 0.05) is 5.56 Å². The number of carbonyl (C=O) groups is 3. The average Bonchev–Trinajstić information content (AvgIpc) is 3.23. The SMILES string of the molecule is CCCOc1ccc(C(=O)NNC(=O)CNC(=O)c2cccs2)cc1OC. The highest BCUT2D eigenvalue weighted by molar-refractivity contribution is 7.12. The van der Waals surface area contributed by atoms with Gasteiger partial charge in [0.2, 0.25) is 0 Å². The summed E-state index contributed by atoms with van der Waals surface area (Å²) >= 11 is 1.27. The molecule has 1 aromatic carbocycles. The van der Waals surface area contributed by atoms with Crippen LogP contribution < -0.4 is 25.6 Å². The quantitative estimate of drug-likeness (QED) is 0.595. The Labute approximate surface area is 160 Å². The average molecular weight is 391 g/mol. The summed E-state index contributed by atoms with van der Waals surface area (Å²) in [6.07, 6.45) is 0.848. The van der Waals surface area contributed by atoms with Gasteiger partial charge in [-0.1, -0.05) is 13.0 Å². The first-order chi connectivity index (χ1) is 13.0. The number of rotatable bonds is 8. The lowest BCUT2D eigenvalue weighted by Gasteiger charge is -2.12. The van der Waals surface area contributed by atoms with Crippen molar-refractivity contribution in [2.45, 2.75) is 13.3 Å². The number of amides is 3. The summed E-state index contributed by atoms with van der Waals surface area (Å²) in [4.78, 5) is 36.2. The molecule has 27 heavy (non-hydrogen) atoms. The third kappa shape index (κ3) is 6.00. The van der Waals surface area contributed by atoms with Gasteiger partial charge in [-0.3, -0.25) is 25.2 Å². The van der Waals surface area contributed by atoms with Crippen molar-refractivity contribution >= 4 is 29.1 Å². The molecule has 1 heterocycles. The van der Waals surface area contributed by atoms with Crippen LogP contribution in [0.2, 0.25) is 0 Å². The molecule has 8 nitrogen and oxygen atoms in total. The Kier molecular flexibility index (Phi) is 7.63. The molecular weight excluding hydrogens is 370 g/mol. The van der Waals surface area contributed by atoms with E-state index in [-0.39, 0.29) is 12.5 Å². The van der Waals surface area contributed by atoms with Crippen LogP contribution in [-0.4, -0.2) is 38.0 Å². The van der Waals surface area contributed by atoms with Crippen molar-refractivity contribution < 1.29 is 23.9 Å². The van der Waals surface area contributed by atoms with E-state index in [1.54, 1.807) is 29.6 Å². The van der Waals surface area contributed by atoms with Gasteiger partial charge < -0.3 is 14.8 Å². The first-order valence-corrected chi connectivity index (χ1v) is 9.14. The van der Waals surface area contributed by atoms with Crippen LogP contribution in [0.1, 0.15) is 33.4 Å². The third-order valence-electron chi connectivity index (χ3n) is 3.36. The van der Waals surface area contributed by atoms with E-state index in [0.717, 1.165) is 6.42 Å². The second-order valence-corrected chi connectivity index (χ2v) is 6.32. The summed E-state index contributed by atoms with van der Waals surface area (Å²) in [5.74, 6) is -0.461. The molecule has 3 N–H and O–H groups in total. The molecule has 0 atom stereocenters. The predicted molar refractivity (Wildman–Crippen MR) is 101 cm³/mol. The molecule has 0 aliphatic rings. The number of hydrogen-bond acceptors (Lipinski definition) is 6. The van der Waals surface area contributed by atoms with Crippen LogP contribution in [0.4, 0.5) is 0 Å². The fourth-order valence-electron chi connectivity index (χ4n) is 2.04. The molecule has 0 spiro atoms. The maximum atomic E-state index is 12.2. The molecule has 0 unspecified atom stereocenters. The molecule has 0 saturated heterocycles. The summed E-state index contributed by atoms with van der Waals surface area (Å²) in [6, 6.07) is 8.11. The Balaban J connectivity index is 1.83. The normalized spacial score (nSPS) is 10.0. The molecule has 3 amide bonds. The smallest absolute Gasteiger partial charge is 0.269 e. The lowest BCUT2D eigenvalue weighted by Crippen LogP contribution is -2.46. The molecule has 0 bridgehead atoms. The van der Waals surface area contributed by atoms with Gasteiger partial charge in [0.1, 0.15) is 0 Å². The summed E-state index contributed by atoms with van der Waals surface area (Å²) in [5.41, 5.74) is 4.82. The highest BCUT2D eigenvalue weighted by Gasteiger charge is 2.13. The highest BCUT2D eigenvalue weighted by atomic mass is 32.1. The second-order valence-electron chi connectivity index (χ2n) is 5.38. The van der Waals surface area contributed by atoms with Gasteiger partial charge in [-0.25, -0.2) is 0 Å². The minimum atomic E-state index is -0.553. The van der Waals surface area contributed by atoms with Gasteiger partial charge in [0.05, 0.1) is 25.1 Å². The van der Waals surface area contributed by atoms with E-state index in [0.29, 0.717) is 28.5 Å². The van der Waals surface area contributed by atoms with Crippen LogP contribution in [0, 0.1) is 0 Å². The van der Waals surface area contributed by atoms with E-state index < -0.39 is 11.8 Å². The first kappa shape index (κ1) is 20.2. The summed E-state index contributed by atoms with van der Waals surface area (Å²) in [7, 11) is 1.48. The molecule has 9 heteroatoms. The zero-order valence-corrected chi connectivity index (χ0v) is 15.9. The highest BCUT2D eigenvalue weighted by Crippen LogP contribution is 2.28. The van der Waals surface area contributed by atoms with Gasteiger partial charge in [0.25, 0.3) is 17.7 Å². The van der Waals surface area contributed by atoms with Crippen LogP contribution in [-0.2, 0) is 4.79 Å². The van der Waals surface area contributed by atoms with E-state index in [9.17, 15) is 14.4 Å². The number of nitrogens with one attached hydrogen (secondary N) is 3. The molecule has 1 aromatic heterocycles. The number of ether oxygens (including phenoxy) is 2. The van der Waals surface area contributed by atoms with Gasteiger partial charge >= 0.3 is 0 Å². The predicted octanol–water partition coefficient (Wildman–Crippen LogP) is 1.74. The molecule has 0 aliphatic heterocycles. The zero-order chi connectivity index (χ0) is 19.6. The Morgan fingerprint density at radius 3 is 2.56 bits per heavy atom. The fourth-order valence-corrected chi connectivity index (χ4v) is 2.68. The second kappa shape index (κ2) is 10.2. The molecule has 144 valence electrons. The fraction of sp³-hybridized carbons (Fsp3) is 0.278. The van der Waals surface area contributed by atoms with Crippen molar-refractivity contribution in [2.75, 3.05) is 20.3 Å². The van der Waals surface area contributed by atoms with E-state index in [2.05, 4.69) is 16.2 Å². The van der Waals surface area contributed by atoms with E-state index in [4.69, 9.17) is 9.47 Å². The summed E-state index contributed by atoms with van der Waals surface area (Å²) in [5, 5.41) is 4.23. The number of thiophene rings is 1. The summed E-state index contributed by atoms with van der Waals surface area (Å²) < 4.78 is 10.7. The van der Waals surface area contributed by atoms with Gasteiger partial charge in [0.15, 0.2) is 11.5 Å². The van der Waals surface area contributed by atoms with E-state index in [1.807, 2.05) is 6.92 Å². The molecule has 2 rings (SSSR count). The summed E-state index contributed by atoms with van der Waals surface area (Å²) in [6.45, 7) is 2.26. The third-order valence-corrected chi connectivity index (χ3v) is 4.23. The van der Waals surface area contributed by atoms with Crippen LogP contribution in [0.15, 0.2) is 35.7 Å². The Bertz CT molecular complexity index is 792. The molecule has 2 aromatic rings. The molecular formula is C18H21N3O5S. The van der Waals surface area contributed by atoms with Crippen LogP contribution >= 0.6 is 11.3 Å². The van der Waals surface area contributed by atoms with Gasteiger partial charge in [-0.05, 0) is 36.1 Å². The molecule has 0 saturated carbocycles. The Hall–Kier alpha value is -3.07. The van der Waals surface area contributed by atoms with Crippen LogP contribution in [0.5, 0.6) is 11.5 Å². The lowest BCUT2D eigenvalue weighted by molar-refractivity contribution is -0.120. The van der Waals surface area contributed by atoms with Gasteiger partial charge in [-0.15, -0.1) is 11.3 Å². The van der Waals surface area contributed by atoms with Crippen molar-refractivity contribution in [1.82, 2.24) is 16.2 Å². The van der Waals surface area contributed by atoms with Crippen molar-refractivity contribution in [3.63, 3.8) is 0 Å². The number of benzene rings is 1. The van der Waals surface area contributed by atoms with Crippen LogP contribution in [0.25, 0.3) is 0 Å². The van der Waals surface area contributed by atoms with E-state index >= 15 is 0 Å². The largest absolute Gasteiger partial charge is 0.493 e. The standard InChI is InChI=1S/C18H21N3O5S/c1-3-8-26-13-7-6-12(10-14(13)25-2)17(23)21-20-16(22)11-19-18(24)15-5-4-9-27-15/h4-7,9-10H,3,8,11H2,1-2H3,(H,19,24)(H,20,22)(H,21,23). The number of hydrazine groups is 1. The Morgan fingerprint density at radius 2 is 1.89 bits per heavy atom. The minimum Gasteiger partial charge on any atom is -0.493 e. The Morgan fingerprint density at radius 1 is 1.07 bits per heavy atom. The first-order valence-electron chi connectivity index (χ1n) is 8.26. The topological polar surface area (TPSA) is 106 Å². The molecule has 0 fully saturated rings. The van der Waals surface area contributed by atoms with Crippen LogP contribution in [0.3, 0.4) is 0 Å². The molecule has 0 aliphatic carbocycles.